The van der Waals surface area contributed by atoms with Gasteiger partial charge in [0.05, 0.1) is 5.56 Å². The van der Waals surface area contributed by atoms with Gasteiger partial charge in [0.1, 0.15) is 6.26 Å². The topological polar surface area (TPSA) is 58.4 Å². The maximum atomic E-state index is 12.7. The van der Waals surface area contributed by atoms with Crippen LogP contribution in [0, 0.1) is 6.92 Å². The van der Waals surface area contributed by atoms with E-state index in [1.54, 1.807) is 0 Å². The molecule has 1 N–H and O–H groups in total. The number of alkyl halides is 3. The van der Waals surface area contributed by atoms with Gasteiger partial charge in [0.15, 0.2) is 5.69 Å². The monoisotopic (exact) mass is 417 g/mol. The van der Waals surface area contributed by atoms with E-state index >= 15 is 0 Å². The highest BCUT2D eigenvalue weighted by Crippen LogP contribution is 2.31. The minimum Gasteiger partial charge on any atom is -0.444 e. The SMILES string of the molecule is CCN(CC)c1ccc(NC(=O)c2coc(-c3ccc(C(F)(F)F)cc3)n2)c(C)c1. The number of amides is 1. The number of aryl methyl sites for hydroxylation is 1. The molecule has 0 atom stereocenters. The van der Waals surface area contributed by atoms with Gasteiger partial charge in [-0.1, -0.05) is 0 Å². The zero-order chi connectivity index (χ0) is 21.9. The fraction of sp³-hybridized carbons (Fsp3) is 0.273. The van der Waals surface area contributed by atoms with Crippen molar-refractivity contribution >= 4 is 17.3 Å². The lowest BCUT2D eigenvalue weighted by atomic mass is 10.1. The molecular weight excluding hydrogens is 395 g/mol. The summed E-state index contributed by atoms with van der Waals surface area (Å²) >= 11 is 0. The maximum absolute atomic E-state index is 12.7. The summed E-state index contributed by atoms with van der Waals surface area (Å²) in [5, 5.41) is 2.79. The number of hydrogen-bond acceptors (Lipinski definition) is 4. The van der Waals surface area contributed by atoms with Crippen molar-refractivity contribution in [3.05, 3.63) is 65.5 Å². The molecule has 2 aromatic carbocycles. The number of rotatable bonds is 6. The molecule has 0 bridgehead atoms. The summed E-state index contributed by atoms with van der Waals surface area (Å²) in [7, 11) is 0. The van der Waals surface area contributed by atoms with Gasteiger partial charge in [0, 0.05) is 30.0 Å². The molecule has 0 aliphatic heterocycles. The number of oxazole rings is 1. The second-order valence-electron chi connectivity index (χ2n) is 6.74. The smallest absolute Gasteiger partial charge is 0.416 e. The predicted octanol–water partition coefficient (Wildman–Crippen LogP) is 5.77. The Morgan fingerprint density at radius 1 is 1.10 bits per heavy atom. The molecule has 0 saturated carbocycles. The Morgan fingerprint density at radius 3 is 2.33 bits per heavy atom. The van der Waals surface area contributed by atoms with E-state index in [-0.39, 0.29) is 11.6 Å². The highest BCUT2D eigenvalue weighted by molar-refractivity contribution is 6.03. The summed E-state index contributed by atoms with van der Waals surface area (Å²) in [6.07, 6.45) is -3.24. The molecule has 158 valence electrons. The summed E-state index contributed by atoms with van der Waals surface area (Å²) < 4.78 is 43.3. The Kier molecular flexibility index (Phi) is 6.14. The highest BCUT2D eigenvalue weighted by atomic mass is 19.4. The van der Waals surface area contributed by atoms with Gasteiger partial charge in [-0.2, -0.15) is 13.2 Å². The molecule has 1 heterocycles. The summed E-state index contributed by atoms with van der Waals surface area (Å²) in [5.41, 5.74) is 2.24. The number of aromatic nitrogens is 1. The molecule has 5 nitrogen and oxygen atoms in total. The van der Waals surface area contributed by atoms with Crippen LogP contribution in [0.5, 0.6) is 0 Å². The number of nitrogens with one attached hydrogen (secondary N) is 1. The van der Waals surface area contributed by atoms with Crippen LogP contribution in [0.25, 0.3) is 11.5 Å². The van der Waals surface area contributed by atoms with Crippen molar-refractivity contribution in [3.8, 4) is 11.5 Å². The van der Waals surface area contributed by atoms with E-state index in [0.29, 0.717) is 11.3 Å². The van der Waals surface area contributed by atoms with E-state index in [1.807, 2.05) is 25.1 Å². The zero-order valence-electron chi connectivity index (χ0n) is 16.9. The lowest BCUT2D eigenvalue weighted by molar-refractivity contribution is -0.137. The van der Waals surface area contributed by atoms with E-state index in [9.17, 15) is 18.0 Å². The highest BCUT2D eigenvalue weighted by Gasteiger charge is 2.30. The Morgan fingerprint density at radius 2 is 1.77 bits per heavy atom. The molecule has 0 unspecified atom stereocenters. The minimum atomic E-state index is -4.42. The summed E-state index contributed by atoms with van der Waals surface area (Å²) in [6.45, 7) is 7.82. The van der Waals surface area contributed by atoms with E-state index < -0.39 is 17.6 Å². The molecular formula is C22H22F3N3O2. The molecule has 0 spiro atoms. The molecule has 1 amide bonds. The molecule has 0 aliphatic rings. The third-order valence-electron chi connectivity index (χ3n) is 4.78. The van der Waals surface area contributed by atoms with Crippen molar-refractivity contribution in [2.45, 2.75) is 26.9 Å². The number of benzene rings is 2. The number of carbonyl (C=O) groups is 1. The third-order valence-corrected chi connectivity index (χ3v) is 4.78. The normalized spacial score (nSPS) is 11.4. The van der Waals surface area contributed by atoms with Crippen LogP contribution in [0.4, 0.5) is 24.5 Å². The minimum absolute atomic E-state index is 0.0390. The van der Waals surface area contributed by atoms with Crippen LogP contribution in [-0.4, -0.2) is 24.0 Å². The summed E-state index contributed by atoms with van der Waals surface area (Å²) in [5.74, 6) is -0.391. The average molecular weight is 417 g/mol. The number of anilines is 2. The summed E-state index contributed by atoms with van der Waals surface area (Å²) in [6, 6.07) is 10.2. The van der Waals surface area contributed by atoms with Crippen LogP contribution in [-0.2, 0) is 6.18 Å². The summed E-state index contributed by atoms with van der Waals surface area (Å²) in [4.78, 5) is 18.8. The van der Waals surface area contributed by atoms with Crippen molar-refractivity contribution in [3.63, 3.8) is 0 Å². The largest absolute Gasteiger partial charge is 0.444 e. The van der Waals surface area contributed by atoms with Gasteiger partial charge in [0.25, 0.3) is 5.91 Å². The first kappa shape index (κ1) is 21.4. The van der Waals surface area contributed by atoms with Crippen molar-refractivity contribution in [1.82, 2.24) is 4.98 Å². The van der Waals surface area contributed by atoms with Gasteiger partial charge >= 0.3 is 6.18 Å². The van der Waals surface area contributed by atoms with E-state index in [0.717, 1.165) is 36.5 Å². The van der Waals surface area contributed by atoms with E-state index in [2.05, 4.69) is 29.0 Å². The Labute approximate surface area is 172 Å². The first-order valence-electron chi connectivity index (χ1n) is 9.53. The molecule has 0 aliphatic carbocycles. The second kappa shape index (κ2) is 8.61. The number of nitrogens with zero attached hydrogens (tertiary/aromatic N) is 2. The zero-order valence-corrected chi connectivity index (χ0v) is 16.9. The van der Waals surface area contributed by atoms with Crippen molar-refractivity contribution in [2.75, 3.05) is 23.3 Å². The molecule has 3 aromatic rings. The predicted molar refractivity (Wildman–Crippen MR) is 110 cm³/mol. The second-order valence-corrected chi connectivity index (χ2v) is 6.74. The maximum Gasteiger partial charge on any atom is 0.416 e. The van der Waals surface area contributed by atoms with Crippen LogP contribution < -0.4 is 10.2 Å². The Balaban J connectivity index is 1.74. The van der Waals surface area contributed by atoms with Gasteiger partial charge in [-0.3, -0.25) is 4.79 Å². The Bertz CT molecular complexity index is 1020. The van der Waals surface area contributed by atoms with Crippen LogP contribution in [0.15, 0.2) is 53.1 Å². The third kappa shape index (κ3) is 4.64. The van der Waals surface area contributed by atoms with Crippen molar-refractivity contribution < 1.29 is 22.4 Å². The molecule has 3 rings (SSSR count). The average Bonchev–Trinajstić information content (AvgIpc) is 3.21. The number of halogens is 3. The molecule has 0 radical (unpaired) electrons. The number of carbonyl (C=O) groups excluding carboxylic acids is 1. The van der Waals surface area contributed by atoms with Crippen LogP contribution in [0.3, 0.4) is 0 Å². The lowest BCUT2D eigenvalue weighted by Gasteiger charge is -2.22. The van der Waals surface area contributed by atoms with Gasteiger partial charge in [-0.05, 0) is 68.8 Å². The fourth-order valence-electron chi connectivity index (χ4n) is 3.07. The van der Waals surface area contributed by atoms with Crippen LogP contribution in [0.2, 0.25) is 0 Å². The van der Waals surface area contributed by atoms with Crippen LogP contribution in [0.1, 0.15) is 35.5 Å². The molecule has 0 saturated heterocycles. The number of hydrogen-bond donors (Lipinski definition) is 1. The van der Waals surface area contributed by atoms with Crippen molar-refractivity contribution in [1.29, 1.82) is 0 Å². The molecule has 30 heavy (non-hydrogen) atoms. The van der Waals surface area contributed by atoms with Gasteiger partial charge < -0.3 is 14.6 Å². The van der Waals surface area contributed by atoms with Crippen molar-refractivity contribution in [2.24, 2.45) is 0 Å². The molecule has 8 heteroatoms. The Hall–Kier alpha value is -3.29. The van der Waals surface area contributed by atoms with E-state index in [1.165, 1.54) is 18.4 Å². The standard InChI is InChI=1S/C22H22F3N3O2/c1-4-28(5-2)17-10-11-18(14(3)12-17)26-20(29)19-13-30-21(27-19)15-6-8-16(9-7-15)22(23,24)25/h6-13H,4-5H2,1-3H3,(H,26,29). The fourth-order valence-corrected chi connectivity index (χ4v) is 3.07. The first-order chi connectivity index (χ1) is 14.2. The van der Waals surface area contributed by atoms with Crippen LogP contribution >= 0.6 is 0 Å². The lowest BCUT2D eigenvalue weighted by Crippen LogP contribution is -2.22. The van der Waals surface area contributed by atoms with Gasteiger partial charge in [-0.15, -0.1) is 0 Å². The first-order valence-corrected chi connectivity index (χ1v) is 9.53. The quantitative estimate of drug-likeness (QED) is 0.553. The van der Waals surface area contributed by atoms with E-state index in [4.69, 9.17) is 4.42 Å². The molecule has 1 aromatic heterocycles. The molecule has 0 fully saturated rings. The van der Waals surface area contributed by atoms with Gasteiger partial charge in [-0.25, -0.2) is 4.98 Å². The van der Waals surface area contributed by atoms with Gasteiger partial charge in [0.2, 0.25) is 5.89 Å².